The predicted octanol–water partition coefficient (Wildman–Crippen LogP) is 1.18. The Kier molecular flexibility index (Phi) is 3.44. The van der Waals surface area contributed by atoms with Gasteiger partial charge in [-0.05, 0) is 18.1 Å². The molecule has 1 aromatic heterocycles. The Hall–Kier alpha value is -1.81. The van der Waals surface area contributed by atoms with E-state index in [1.807, 2.05) is 43.6 Å². The lowest BCUT2D eigenvalue weighted by Crippen LogP contribution is -2.23. The molecule has 0 saturated carbocycles. The molecule has 4 heteroatoms. The molecule has 0 aliphatic rings. The maximum Gasteiger partial charge on any atom is 0.328 e. The fourth-order valence-electron chi connectivity index (χ4n) is 1.87. The number of hydrogen-bond acceptors (Lipinski definition) is 2. The van der Waals surface area contributed by atoms with Gasteiger partial charge in [0.15, 0.2) is 0 Å². The minimum atomic E-state index is 0.0330. The summed E-state index contributed by atoms with van der Waals surface area (Å²) in [6.07, 6.45) is 3.63. The van der Waals surface area contributed by atoms with Crippen molar-refractivity contribution < 1.29 is 0 Å². The number of nitrogens with two attached hydrogens (primary N) is 1. The quantitative estimate of drug-likeness (QED) is 0.859. The summed E-state index contributed by atoms with van der Waals surface area (Å²) in [6, 6.07) is 8.01. The summed E-state index contributed by atoms with van der Waals surface area (Å²) in [5.74, 6) is 0. The fourth-order valence-corrected chi connectivity index (χ4v) is 1.87. The van der Waals surface area contributed by atoms with E-state index in [0.29, 0.717) is 19.6 Å². The van der Waals surface area contributed by atoms with Crippen LogP contribution >= 0.6 is 0 Å². The average Bonchev–Trinajstić information content (AvgIpc) is 2.71. The van der Waals surface area contributed by atoms with Crippen LogP contribution in [0.1, 0.15) is 18.1 Å². The van der Waals surface area contributed by atoms with Gasteiger partial charge in [-0.15, -0.1) is 0 Å². The van der Waals surface area contributed by atoms with Crippen molar-refractivity contribution in [3.05, 3.63) is 58.3 Å². The number of imidazole rings is 1. The first kappa shape index (κ1) is 11.7. The van der Waals surface area contributed by atoms with Gasteiger partial charge in [0.1, 0.15) is 0 Å². The maximum absolute atomic E-state index is 11.9. The fraction of sp³-hybridized carbons (Fsp3) is 0.308. The molecule has 0 aliphatic carbocycles. The molecule has 0 atom stereocenters. The third-order valence-electron chi connectivity index (χ3n) is 2.84. The molecule has 0 spiro atoms. The van der Waals surface area contributed by atoms with Crippen LogP contribution in [-0.4, -0.2) is 9.13 Å². The van der Waals surface area contributed by atoms with E-state index in [-0.39, 0.29) is 5.69 Å². The monoisotopic (exact) mass is 231 g/mol. The van der Waals surface area contributed by atoms with Crippen molar-refractivity contribution in [2.45, 2.75) is 26.6 Å². The zero-order chi connectivity index (χ0) is 12.3. The summed E-state index contributed by atoms with van der Waals surface area (Å²) < 4.78 is 3.39. The number of nitrogens with zero attached hydrogens (tertiary/aromatic N) is 2. The van der Waals surface area contributed by atoms with E-state index in [0.717, 1.165) is 11.1 Å². The van der Waals surface area contributed by atoms with Gasteiger partial charge in [0.25, 0.3) is 0 Å². The van der Waals surface area contributed by atoms with Gasteiger partial charge in [-0.1, -0.05) is 24.3 Å². The van der Waals surface area contributed by atoms with E-state index in [9.17, 15) is 4.79 Å². The summed E-state index contributed by atoms with van der Waals surface area (Å²) in [4.78, 5) is 11.9. The van der Waals surface area contributed by atoms with Crippen molar-refractivity contribution in [3.63, 3.8) is 0 Å². The van der Waals surface area contributed by atoms with Crippen LogP contribution in [-0.2, 0) is 19.6 Å². The molecule has 0 bridgehead atoms. The summed E-state index contributed by atoms with van der Waals surface area (Å²) in [5, 5.41) is 0. The van der Waals surface area contributed by atoms with Gasteiger partial charge in [0.2, 0.25) is 0 Å². The molecule has 2 aromatic rings. The van der Waals surface area contributed by atoms with Crippen molar-refractivity contribution in [1.29, 1.82) is 0 Å². The Bertz CT molecular complexity index is 554. The Labute approximate surface area is 100 Å². The van der Waals surface area contributed by atoms with E-state index >= 15 is 0 Å². The smallest absolute Gasteiger partial charge is 0.326 e. The van der Waals surface area contributed by atoms with Crippen molar-refractivity contribution in [2.24, 2.45) is 5.73 Å². The molecule has 2 N–H and O–H groups in total. The molecule has 1 aromatic carbocycles. The molecule has 0 unspecified atom stereocenters. The SMILES string of the molecule is CCn1ccn(Cc2cccc(CN)c2)c1=O. The minimum Gasteiger partial charge on any atom is -0.326 e. The Morgan fingerprint density at radius 3 is 2.53 bits per heavy atom. The lowest BCUT2D eigenvalue weighted by Gasteiger charge is -2.04. The first-order valence-electron chi connectivity index (χ1n) is 5.78. The molecule has 0 aliphatic heterocycles. The second kappa shape index (κ2) is 5.01. The van der Waals surface area contributed by atoms with Gasteiger partial charge in [-0.25, -0.2) is 4.79 Å². The van der Waals surface area contributed by atoms with Gasteiger partial charge in [-0.3, -0.25) is 9.13 Å². The highest BCUT2D eigenvalue weighted by Crippen LogP contribution is 2.05. The van der Waals surface area contributed by atoms with Crippen LogP contribution in [0.3, 0.4) is 0 Å². The maximum atomic E-state index is 11.9. The highest BCUT2D eigenvalue weighted by atomic mass is 16.1. The lowest BCUT2D eigenvalue weighted by atomic mass is 10.1. The van der Waals surface area contributed by atoms with Crippen LogP contribution in [0.25, 0.3) is 0 Å². The third-order valence-corrected chi connectivity index (χ3v) is 2.84. The largest absolute Gasteiger partial charge is 0.328 e. The first-order chi connectivity index (χ1) is 8.24. The highest BCUT2D eigenvalue weighted by molar-refractivity contribution is 5.23. The molecule has 90 valence electrons. The van der Waals surface area contributed by atoms with Crippen molar-refractivity contribution in [1.82, 2.24) is 9.13 Å². The molecular formula is C13H17N3O. The highest BCUT2D eigenvalue weighted by Gasteiger charge is 2.02. The number of rotatable bonds is 4. The number of aryl methyl sites for hydroxylation is 1. The minimum absolute atomic E-state index is 0.0330. The number of hydrogen-bond donors (Lipinski definition) is 1. The van der Waals surface area contributed by atoms with Gasteiger partial charge < -0.3 is 5.73 Å². The first-order valence-corrected chi connectivity index (χ1v) is 5.78. The van der Waals surface area contributed by atoms with Crippen molar-refractivity contribution in [2.75, 3.05) is 0 Å². The van der Waals surface area contributed by atoms with E-state index in [1.165, 1.54) is 0 Å². The molecule has 0 radical (unpaired) electrons. The molecule has 17 heavy (non-hydrogen) atoms. The Morgan fingerprint density at radius 1 is 1.18 bits per heavy atom. The number of aromatic nitrogens is 2. The topological polar surface area (TPSA) is 52.9 Å². The zero-order valence-corrected chi connectivity index (χ0v) is 9.97. The van der Waals surface area contributed by atoms with Crippen molar-refractivity contribution >= 4 is 0 Å². The summed E-state index contributed by atoms with van der Waals surface area (Å²) in [7, 11) is 0. The third kappa shape index (κ3) is 2.47. The van der Waals surface area contributed by atoms with Gasteiger partial charge in [-0.2, -0.15) is 0 Å². The van der Waals surface area contributed by atoms with Crippen LogP contribution in [0.2, 0.25) is 0 Å². The van der Waals surface area contributed by atoms with E-state index in [1.54, 1.807) is 9.13 Å². The molecule has 0 saturated heterocycles. The molecule has 1 heterocycles. The van der Waals surface area contributed by atoms with E-state index < -0.39 is 0 Å². The van der Waals surface area contributed by atoms with Crippen LogP contribution < -0.4 is 11.4 Å². The van der Waals surface area contributed by atoms with Crippen LogP contribution in [0.4, 0.5) is 0 Å². The standard InChI is InChI=1S/C13H17N3O/c1-2-15-6-7-16(13(15)17)10-12-5-3-4-11(8-12)9-14/h3-8H,2,9-10,14H2,1H3. The van der Waals surface area contributed by atoms with Crippen LogP contribution in [0.15, 0.2) is 41.5 Å². The van der Waals surface area contributed by atoms with Crippen LogP contribution in [0, 0.1) is 0 Å². The Balaban J connectivity index is 2.25. The molecule has 2 rings (SSSR count). The molecule has 4 nitrogen and oxygen atoms in total. The Morgan fingerprint density at radius 2 is 1.88 bits per heavy atom. The van der Waals surface area contributed by atoms with E-state index in [2.05, 4.69) is 0 Å². The average molecular weight is 231 g/mol. The second-order valence-corrected chi connectivity index (χ2v) is 4.02. The zero-order valence-electron chi connectivity index (χ0n) is 9.97. The summed E-state index contributed by atoms with van der Waals surface area (Å²) in [6.45, 7) is 3.79. The van der Waals surface area contributed by atoms with E-state index in [4.69, 9.17) is 5.73 Å². The van der Waals surface area contributed by atoms with Gasteiger partial charge in [0.05, 0.1) is 6.54 Å². The molecule has 0 amide bonds. The van der Waals surface area contributed by atoms with Crippen molar-refractivity contribution in [3.8, 4) is 0 Å². The normalized spacial score (nSPS) is 10.7. The summed E-state index contributed by atoms with van der Waals surface area (Å²) in [5.41, 5.74) is 7.82. The number of benzene rings is 1. The van der Waals surface area contributed by atoms with Gasteiger partial charge in [0, 0.05) is 25.5 Å². The van der Waals surface area contributed by atoms with Gasteiger partial charge >= 0.3 is 5.69 Å². The molecular weight excluding hydrogens is 214 g/mol. The lowest BCUT2D eigenvalue weighted by molar-refractivity contribution is 0.668. The molecule has 0 fully saturated rings. The predicted molar refractivity (Wildman–Crippen MR) is 67.8 cm³/mol. The summed E-state index contributed by atoms with van der Waals surface area (Å²) >= 11 is 0. The second-order valence-electron chi connectivity index (χ2n) is 4.02. The van der Waals surface area contributed by atoms with Crippen LogP contribution in [0.5, 0.6) is 0 Å².